The maximum atomic E-state index is 14.7. The van der Waals surface area contributed by atoms with E-state index in [1.54, 1.807) is 0 Å². The molecule has 0 heterocycles. The average Bonchev–Trinajstić information content (AvgIpc) is 2.69. The zero-order valence-electron chi connectivity index (χ0n) is 15.6. The fourth-order valence-electron chi connectivity index (χ4n) is 4.13. The third-order valence-corrected chi connectivity index (χ3v) is 8.54. The van der Waals surface area contributed by atoms with Crippen LogP contribution in [0, 0.1) is 17.6 Å². The number of carboxylic acid groups (broad SMARTS) is 1. The predicted octanol–water partition coefficient (Wildman–Crippen LogP) is 4.69. The van der Waals surface area contributed by atoms with Crippen molar-refractivity contribution in [2.24, 2.45) is 5.92 Å². The van der Waals surface area contributed by atoms with Crippen molar-refractivity contribution < 1.29 is 27.1 Å². The Balaban J connectivity index is 0.00000320. The first-order chi connectivity index (χ1) is 13.7. The minimum atomic E-state index is -4.07. The molecule has 158 valence electrons. The Morgan fingerprint density at radius 1 is 1.10 bits per heavy atom. The molecule has 1 aliphatic carbocycles. The second-order valence-electron chi connectivity index (χ2n) is 7.45. The van der Waals surface area contributed by atoms with Crippen molar-refractivity contribution in [2.45, 2.75) is 48.2 Å². The van der Waals surface area contributed by atoms with Gasteiger partial charge in [-0.05, 0) is 80.5 Å². The molecule has 0 saturated heterocycles. The van der Waals surface area contributed by atoms with E-state index in [-0.39, 0.29) is 65.2 Å². The van der Waals surface area contributed by atoms with Gasteiger partial charge in [-0.25, -0.2) is 17.2 Å². The molecular weight excluding hydrogens is 445 g/mol. The van der Waals surface area contributed by atoms with Crippen molar-refractivity contribution >= 4 is 57.0 Å². The first-order valence-electron chi connectivity index (χ1n) is 9.33. The molecule has 1 aliphatic rings. The number of carboxylic acids is 1. The molecule has 0 radical (unpaired) electrons. The van der Waals surface area contributed by atoms with Gasteiger partial charge in [0.2, 0.25) is 0 Å². The first-order valence-corrected chi connectivity index (χ1v) is 11.2. The van der Waals surface area contributed by atoms with Gasteiger partial charge in [0.1, 0.15) is 16.4 Å². The van der Waals surface area contributed by atoms with E-state index in [9.17, 15) is 22.0 Å². The van der Waals surface area contributed by atoms with Crippen molar-refractivity contribution in [1.82, 2.24) is 0 Å². The van der Waals surface area contributed by atoms with Crippen LogP contribution in [0.25, 0.3) is 0 Å². The summed E-state index contributed by atoms with van der Waals surface area (Å²) in [7, 11) is -4.07. The molecule has 0 amide bonds. The SMILES string of the molecule is O=C(O)CCC1CCC(c2cc(F)ccc2F)(S(=O)(=O)c2ccc(Cl)cc2)CC1.[NaH]. The van der Waals surface area contributed by atoms with Crippen LogP contribution in [0.2, 0.25) is 5.02 Å². The topological polar surface area (TPSA) is 71.4 Å². The monoisotopic (exact) mass is 466 g/mol. The van der Waals surface area contributed by atoms with E-state index in [4.69, 9.17) is 16.7 Å². The summed E-state index contributed by atoms with van der Waals surface area (Å²) in [6, 6.07) is 8.49. The Labute approximate surface area is 201 Å². The molecule has 1 N–H and O–H groups in total. The number of carbonyl (C=O) groups is 1. The van der Waals surface area contributed by atoms with Gasteiger partial charge in [0, 0.05) is 17.0 Å². The van der Waals surface area contributed by atoms with E-state index in [0.29, 0.717) is 24.3 Å². The molecule has 0 bridgehead atoms. The zero-order chi connectivity index (χ0) is 21.2. The standard InChI is InChI=1S/C21H21ClF2O4S.Na.H/c22-15-2-5-17(6-3-15)29(27,28)21(18-13-16(23)4-7-19(18)24)11-9-14(10-12-21)1-8-20(25)26;;/h2-7,13-14H,1,8-12H2,(H,25,26);;. The zero-order valence-corrected chi connectivity index (χ0v) is 17.1. The molecule has 0 spiro atoms. The van der Waals surface area contributed by atoms with Crippen LogP contribution in [-0.4, -0.2) is 49.1 Å². The number of sulfone groups is 1. The van der Waals surface area contributed by atoms with Gasteiger partial charge in [-0.2, -0.15) is 0 Å². The number of benzene rings is 2. The molecule has 1 saturated carbocycles. The van der Waals surface area contributed by atoms with Gasteiger partial charge < -0.3 is 5.11 Å². The van der Waals surface area contributed by atoms with E-state index in [1.807, 2.05) is 0 Å². The van der Waals surface area contributed by atoms with E-state index < -0.39 is 32.2 Å². The number of rotatable bonds is 6. The van der Waals surface area contributed by atoms with Crippen LogP contribution >= 0.6 is 11.6 Å². The second-order valence-corrected chi connectivity index (χ2v) is 10.1. The summed E-state index contributed by atoms with van der Waals surface area (Å²) >= 11 is 5.87. The molecule has 4 nitrogen and oxygen atoms in total. The third kappa shape index (κ3) is 5.07. The van der Waals surface area contributed by atoms with Gasteiger partial charge in [-0.1, -0.05) is 11.6 Å². The Kier molecular flexibility index (Phi) is 8.50. The maximum absolute atomic E-state index is 14.7. The molecule has 0 atom stereocenters. The second kappa shape index (κ2) is 10.1. The molecule has 9 heteroatoms. The van der Waals surface area contributed by atoms with E-state index >= 15 is 0 Å². The normalized spacial score (nSPS) is 21.6. The van der Waals surface area contributed by atoms with Crippen LogP contribution in [0.1, 0.15) is 44.1 Å². The molecule has 0 aromatic heterocycles. The quantitative estimate of drug-likeness (QED) is 0.627. The van der Waals surface area contributed by atoms with E-state index in [1.165, 1.54) is 24.3 Å². The molecule has 2 aromatic carbocycles. The van der Waals surface area contributed by atoms with Crippen LogP contribution in [0.5, 0.6) is 0 Å². The van der Waals surface area contributed by atoms with Crippen LogP contribution < -0.4 is 0 Å². The van der Waals surface area contributed by atoms with Gasteiger partial charge in [0.05, 0.1) is 4.90 Å². The summed E-state index contributed by atoms with van der Waals surface area (Å²) < 4.78 is 54.3. The molecule has 0 aliphatic heterocycles. The summed E-state index contributed by atoms with van der Waals surface area (Å²) in [6.45, 7) is 0. The van der Waals surface area contributed by atoms with Crippen LogP contribution in [0.3, 0.4) is 0 Å². The minimum absolute atomic E-state index is 0. The molecule has 30 heavy (non-hydrogen) atoms. The van der Waals surface area contributed by atoms with E-state index in [0.717, 1.165) is 18.2 Å². The molecular formula is C21H22ClF2NaO4S. The van der Waals surface area contributed by atoms with Crippen LogP contribution in [0.15, 0.2) is 47.4 Å². The first kappa shape index (κ1) is 25.3. The molecule has 3 rings (SSSR count). The van der Waals surface area contributed by atoms with Gasteiger partial charge in [-0.15, -0.1) is 0 Å². The summed E-state index contributed by atoms with van der Waals surface area (Å²) in [6.07, 6.45) is 1.42. The third-order valence-electron chi connectivity index (χ3n) is 5.74. The number of hydrogen-bond donors (Lipinski definition) is 1. The van der Waals surface area contributed by atoms with Gasteiger partial charge in [-0.3, -0.25) is 4.79 Å². The summed E-state index contributed by atoms with van der Waals surface area (Å²) in [5.74, 6) is -2.36. The number of aliphatic carboxylic acids is 1. The number of halogens is 3. The van der Waals surface area contributed by atoms with Crippen molar-refractivity contribution in [3.8, 4) is 0 Å². The Morgan fingerprint density at radius 3 is 2.27 bits per heavy atom. The van der Waals surface area contributed by atoms with Gasteiger partial charge in [0.25, 0.3) is 0 Å². The summed E-state index contributed by atoms with van der Waals surface area (Å²) in [4.78, 5) is 10.8. The molecule has 2 aromatic rings. The van der Waals surface area contributed by atoms with Crippen LogP contribution in [-0.2, 0) is 19.4 Å². The fraction of sp³-hybridized carbons (Fsp3) is 0.381. The van der Waals surface area contributed by atoms with Crippen molar-refractivity contribution in [1.29, 1.82) is 0 Å². The van der Waals surface area contributed by atoms with Crippen LogP contribution in [0.4, 0.5) is 8.78 Å². The molecule has 1 fully saturated rings. The number of hydrogen-bond acceptors (Lipinski definition) is 3. The van der Waals surface area contributed by atoms with E-state index in [2.05, 4.69) is 0 Å². The summed E-state index contributed by atoms with van der Waals surface area (Å²) in [5, 5.41) is 9.26. The Bertz CT molecular complexity index is 1000. The average molecular weight is 467 g/mol. The fourth-order valence-corrected chi connectivity index (χ4v) is 6.42. The van der Waals surface area contributed by atoms with Gasteiger partial charge in [0.15, 0.2) is 9.84 Å². The molecule has 0 unspecified atom stereocenters. The van der Waals surface area contributed by atoms with Gasteiger partial charge >= 0.3 is 35.5 Å². The summed E-state index contributed by atoms with van der Waals surface area (Å²) in [5.41, 5.74) is -0.177. The van der Waals surface area contributed by atoms with Crippen molar-refractivity contribution in [3.63, 3.8) is 0 Å². The predicted molar refractivity (Wildman–Crippen MR) is 113 cm³/mol. The van der Waals surface area contributed by atoms with Crippen molar-refractivity contribution in [2.75, 3.05) is 0 Å². The van der Waals surface area contributed by atoms with Crippen molar-refractivity contribution in [3.05, 3.63) is 64.7 Å². The Hall–Kier alpha value is -0.990. The Morgan fingerprint density at radius 2 is 1.70 bits per heavy atom.